The van der Waals surface area contributed by atoms with Crippen LogP contribution in [0.3, 0.4) is 0 Å². The molecule has 1 aliphatic rings. The van der Waals surface area contributed by atoms with E-state index in [1.54, 1.807) is 0 Å². The third kappa shape index (κ3) is 4.28. The molecule has 0 fully saturated rings. The number of anilines is 2. The number of benzene rings is 3. The summed E-state index contributed by atoms with van der Waals surface area (Å²) in [5.74, 6) is 0. The Morgan fingerprint density at radius 3 is 1.47 bits per heavy atom. The van der Waals surface area contributed by atoms with E-state index < -0.39 is 0 Å². The molecule has 0 spiro atoms. The molecule has 0 unspecified atom stereocenters. The van der Waals surface area contributed by atoms with Crippen LogP contribution in [0.15, 0.2) is 71.2 Å². The predicted octanol–water partition coefficient (Wildman–Crippen LogP) is 8.06. The molecule has 0 aromatic heterocycles. The van der Waals surface area contributed by atoms with Crippen molar-refractivity contribution in [1.82, 2.24) is 0 Å². The highest BCUT2D eigenvalue weighted by molar-refractivity contribution is 6.30. The molecule has 164 valence electrons. The number of azo groups is 1. The van der Waals surface area contributed by atoms with Crippen LogP contribution in [0.2, 0.25) is 5.02 Å². The van der Waals surface area contributed by atoms with Crippen LogP contribution >= 0.6 is 11.6 Å². The number of hydrogen-bond donors (Lipinski definition) is 0. The van der Waals surface area contributed by atoms with E-state index in [9.17, 15) is 0 Å². The third-order valence-corrected chi connectivity index (χ3v) is 6.03. The molecule has 32 heavy (non-hydrogen) atoms. The summed E-state index contributed by atoms with van der Waals surface area (Å²) in [6.07, 6.45) is 3.88. The zero-order valence-corrected chi connectivity index (χ0v) is 20.3. The Balaban J connectivity index is 1.81. The van der Waals surface area contributed by atoms with Crippen LogP contribution in [0.5, 0.6) is 0 Å². The van der Waals surface area contributed by atoms with Gasteiger partial charge in [0.05, 0.1) is 17.1 Å². The molecule has 0 amide bonds. The maximum absolute atomic E-state index is 6.04. The molecule has 4 nitrogen and oxygen atoms in total. The van der Waals surface area contributed by atoms with Crippen molar-refractivity contribution in [3.05, 3.63) is 99.3 Å². The first kappa shape index (κ1) is 22.1. The Kier molecular flexibility index (Phi) is 6.07. The van der Waals surface area contributed by atoms with Crippen LogP contribution < -0.4 is 9.80 Å². The van der Waals surface area contributed by atoms with E-state index in [0.29, 0.717) is 5.02 Å². The number of nitrogens with zero attached hydrogens (tertiary/aromatic N) is 4. The molecule has 0 aliphatic carbocycles. The Hall–Kier alpha value is -3.11. The van der Waals surface area contributed by atoms with E-state index in [1.807, 2.05) is 24.3 Å². The van der Waals surface area contributed by atoms with Crippen molar-refractivity contribution >= 4 is 28.7 Å². The van der Waals surface area contributed by atoms with Crippen LogP contribution in [0.4, 0.5) is 17.1 Å². The minimum absolute atomic E-state index is 0.328. The predicted molar refractivity (Wildman–Crippen MR) is 135 cm³/mol. The molecule has 0 N–H and O–H groups in total. The molecular weight excluding hydrogens is 416 g/mol. The lowest BCUT2D eigenvalue weighted by molar-refractivity contribution is 0.676. The number of halogens is 1. The minimum Gasteiger partial charge on any atom is -0.305 e. The second kappa shape index (κ2) is 8.79. The van der Waals surface area contributed by atoms with Crippen LogP contribution in [0, 0.1) is 41.5 Å². The van der Waals surface area contributed by atoms with Crippen LogP contribution in [-0.4, -0.2) is 6.29 Å². The fourth-order valence-corrected chi connectivity index (χ4v) is 4.83. The molecule has 1 aliphatic heterocycles. The Morgan fingerprint density at radius 1 is 0.656 bits per heavy atom. The fraction of sp³-hybridized carbons (Fsp3) is 0.259. The average Bonchev–Trinajstić information content (AvgIpc) is 3.09. The van der Waals surface area contributed by atoms with Gasteiger partial charge in [-0.3, -0.25) is 0 Å². The van der Waals surface area contributed by atoms with E-state index in [1.165, 1.54) is 33.4 Å². The maximum Gasteiger partial charge on any atom is 0.226 e. The highest BCUT2D eigenvalue weighted by Crippen LogP contribution is 2.37. The van der Waals surface area contributed by atoms with Crippen LogP contribution in [0.25, 0.3) is 0 Å². The molecule has 0 saturated carbocycles. The highest BCUT2D eigenvalue weighted by Gasteiger charge is 2.32. The van der Waals surface area contributed by atoms with Gasteiger partial charge in [-0.2, -0.15) is 5.11 Å². The molecule has 5 heteroatoms. The van der Waals surface area contributed by atoms with Gasteiger partial charge in [0.15, 0.2) is 0 Å². The maximum atomic E-state index is 6.04. The monoisotopic (exact) mass is 444 g/mol. The summed E-state index contributed by atoms with van der Waals surface area (Å²) in [6.45, 7) is 12.9. The highest BCUT2D eigenvalue weighted by atomic mass is 35.5. The second-order valence-corrected chi connectivity index (χ2v) is 9.08. The lowest BCUT2D eigenvalue weighted by Gasteiger charge is -2.32. The quantitative estimate of drug-likeness (QED) is 0.381. The first-order chi connectivity index (χ1) is 15.2. The van der Waals surface area contributed by atoms with Gasteiger partial charge in [0.25, 0.3) is 0 Å². The summed E-state index contributed by atoms with van der Waals surface area (Å²) >= 11 is 6.04. The molecule has 1 heterocycles. The van der Waals surface area contributed by atoms with Gasteiger partial charge < -0.3 is 9.80 Å². The summed E-state index contributed by atoms with van der Waals surface area (Å²) in [7, 11) is 0. The minimum atomic E-state index is -0.328. The normalized spacial score (nSPS) is 14.2. The second-order valence-electron chi connectivity index (χ2n) is 8.65. The van der Waals surface area contributed by atoms with E-state index in [2.05, 4.69) is 93.1 Å². The van der Waals surface area contributed by atoms with Gasteiger partial charge in [-0.05, 0) is 88.1 Å². The smallest absolute Gasteiger partial charge is 0.226 e. The fourth-order valence-electron chi connectivity index (χ4n) is 4.71. The van der Waals surface area contributed by atoms with Crippen molar-refractivity contribution < 1.29 is 0 Å². The standard InChI is InChI=1S/C27H29ClN4/c1-17-13-19(3)25(20(4)14-17)31-11-12-32(26-21(5)15-18(2)16-22(26)6)27(31)30-29-24-9-7-23(28)8-10-24/h7-16,27H,1-6H3. The van der Waals surface area contributed by atoms with Crippen molar-refractivity contribution in [1.29, 1.82) is 0 Å². The molecule has 4 rings (SSSR count). The van der Waals surface area contributed by atoms with Gasteiger partial charge in [0.1, 0.15) is 0 Å². The first-order valence-corrected chi connectivity index (χ1v) is 11.2. The van der Waals surface area contributed by atoms with E-state index in [-0.39, 0.29) is 6.29 Å². The van der Waals surface area contributed by atoms with E-state index >= 15 is 0 Å². The molecule has 0 radical (unpaired) electrons. The molecule has 0 atom stereocenters. The zero-order chi connectivity index (χ0) is 23.0. The molecule has 3 aromatic rings. The SMILES string of the molecule is Cc1cc(C)c(N2C=CN(c3c(C)cc(C)cc3C)C2N=Nc2ccc(Cl)cc2)c(C)c1. The molecular formula is C27H29ClN4. The summed E-state index contributed by atoms with van der Waals surface area (Å²) in [5.41, 5.74) is 10.5. The lowest BCUT2D eigenvalue weighted by Crippen LogP contribution is -2.38. The van der Waals surface area contributed by atoms with Crippen molar-refractivity contribution in [3.63, 3.8) is 0 Å². The largest absolute Gasteiger partial charge is 0.305 e. The summed E-state index contributed by atoms with van der Waals surface area (Å²) in [6, 6.07) is 16.3. The summed E-state index contributed by atoms with van der Waals surface area (Å²) in [4.78, 5) is 4.42. The topological polar surface area (TPSA) is 31.2 Å². The van der Waals surface area contributed by atoms with Crippen molar-refractivity contribution in [2.45, 2.75) is 47.8 Å². The Morgan fingerprint density at radius 2 is 1.06 bits per heavy atom. The third-order valence-electron chi connectivity index (χ3n) is 5.78. The molecule has 0 saturated heterocycles. The zero-order valence-electron chi connectivity index (χ0n) is 19.5. The van der Waals surface area contributed by atoms with E-state index in [0.717, 1.165) is 17.1 Å². The van der Waals surface area contributed by atoms with Gasteiger partial charge in [0.2, 0.25) is 6.29 Å². The van der Waals surface area contributed by atoms with Crippen LogP contribution in [-0.2, 0) is 0 Å². The molecule has 3 aromatic carbocycles. The van der Waals surface area contributed by atoms with Crippen LogP contribution in [0.1, 0.15) is 33.4 Å². The van der Waals surface area contributed by atoms with Gasteiger partial charge in [-0.15, -0.1) is 5.11 Å². The van der Waals surface area contributed by atoms with Gasteiger partial charge in [0, 0.05) is 17.4 Å². The van der Waals surface area contributed by atoms with Gasteiger partial charge in [-0.1, -0.05) is 47.0 Å². The van der Waals surface area contributed by atoms with E-state index in [4.69, 9.17) is 16.7 Å². The Bertz CT molecular complexity index is 1100. The first-order valence-electron chi connectivity index (χ1n) is 10.8. The summed E-state index contributed by atoms with van der Waals surface area (Å²) in [5, 5.41) is 10.1. The lowest BCUT2D eigenvalue weighted by atomic mass is 10.0. The van der Waals surface area contributed by atoms with Gasteiger partial charge in [-0.25, -0.2) is 0 Å². The van der Waals surface area contributed by atoms with Gasteiger partial charge >= 0.3 is 0 Å². The average molecular weight is 445 g/mol. The summed E-state index contributed by atoms with van der Waals surface area (Å²) < 4.78 is 0. The number of hydrogen-bond acceptors (Lipinski definition) is 4. The Labute approximate surface area is 195 Å². The van der Waals surface area contributed by atoms with Crippen molar-refractivity contribution in [2.24, 2.45) is 10.2 Å². The molecule has 0 bridgehead atoms. The van der Waals surface area contributed by atoms with Crippen molar-refractivity contribution in [2.75, 3.05) is 9.80 Å². The number of aryl methyl sites for hydroxylation is 6. The number of rotatable bonds is 4. The van der Waals surface area contributed by atoms with Crippen molar-refractivity contribution in [3.8, 4) is 0 Å².